The van der Waals surface area contributed by atoms with Crippen LogP contribution in [0.1, 0.15) is 43.9 Å². The standard InChI is InChI=1S/C22H24ClN5O5S2/c1-5-32-21(31)17-12(3)18(19(24)30)35-20(17)25-16(29)10-34-22-27-26-15(28(22)4)9-33-13-6-7-14(23)11(2)8-13/h6-8H,5,9-10H2,1-4H3,(H2,24,30)(H,25,29). The predicted octanol–water partition coefficient (Wildman–Crippen LogP) is 3.73. The third-order valence-corrected chi connectivity index (χ3v) is 7.52. The van der Waals surface area contributed by atoms with E-state index in [2.05, 4.69) is 15.5 Å². The van der Waals surface area contributed by atoms with E-state index in [0.717, 1.165) is 28.7 Å². The van der Waals surface area contributed by atoms with Crippen molar-refractivity contribution in [2.45, 2.75) is 32.5 Å². The number of benzene rings is 1. The summed E-state index contributed by atoms with van der Waals surface area (Å²) in [5, 5.41) is 12.3. The van der Waals surface area contributed by atoms with Gasteiger partial charge in [0.15, 0.2) is 11.0 Å². The van der Waals surface area contributed by atoms with Gasteiger partial charge in [-0.15, -0.1) is 21.5 Å². The summed E-state index contributed by atoms with van der Waals surface area (Å²) < 4.78 is 12.5. The molecule has 0 radical (unpaired) electrons. The summed E-state index contributed by atoms with van der Waals surface area (Å²) in [6.45, 7) is 5.48. The van der Waals surface area contributed by atoms with Crippen molar-refractivity contribution >= 4 is 57.5 Å². The average Bonchev–Trinajstić information content (AvgIpc) is 3.32. The van der Waals surface area contributed by atoms with Crippen LogP contribution in [-0.2, 0) is 23.2 Å². The SMILES string of the molecule is CCOC(=O)c1c(NC(=O)CSc2nnc(COc3ccc(Cl)c(C)c3)n2C)sc(C(N)=O)c1C. The van der Waals surface area contributed by atoms with Crippen LogP contribution in [-0.4, -0.2) is 44.9 Å². The summed E-state index contributed by atoms with van der Waals surface area (Å²) >= 11 is 8.14. The quantitative estimate of drug-likeness (QED) is 0.294. The average molecular weight is 538 g/mol. The molecule has 0 saturated heterocycles. The first-order valence-electron chi connectivity index (χ1n) is 10.4. The minimum absolute atomic E-state index is 0.00563. The summed E-state index contributed by atoms with van der Waals surface area (Å²) in [5.41, 5.74) is 6.80. The number of halogens is 1. The molecule has 13 heteroatoms. The second-order valence-electron chi connectivity index (χ2n) is 7.34. The molecule has 3 N–H and O–H groups in total. The normalized spacial score (nSPS) is 10.8. The molecule has 3 rings (SSSR count). The van der Waals surface area contributed by atoms with Crippen LogP contribution in [0.5, 0.6) is 5.75 Å². The number of nitrogens with two attached hydrogens (primary N) is 1. The number of rotatable bonds is 10. The number of nitrogens with zero attached hydrogens (tertiary/aromatic N) is 3. The van der Waals surface area contributed by atoms with Gasteiger partial charge in [0.05, 0.1) is 22.8 Å². The topological polar surface area (TPSA) is 138 Å². The summed E-state index contributed by atoms with van der Waals surface area (Å²) in [4.78, 5) is 36.9. The molecule has 0 bridgehead atoms. The molecule has 186 valence electrons. The number of primary amides is 1. The van der Waals surface area contributed by atoms with E-state index < -0.39 is 17.8 Å². The number of amides is 2. The third kappa shape index (κ3) is 6.32. The van der Waals surface area contributed by atoms with Crippen molar-refractivity contribution in [1.29, 1.82) is 0 Å². The Morgan fingerprint density at radius 1 is 1.26 bits per heavy atom. The molecule has 0 atom stereocenters. The first-order chi connectivity index (χ1) is 16.6. The summed E-state index contributed by atoms with van der Waals surface area (Å²) in [6, 6.07) is 5.36. The van der Waals surface area contributed by atoms with E-state index in [1.165, 1.54) is 0 Å². The molecule has 0 unspecified atom stereocenters. The maximum atomic E-state index is 12.6. The molecule has 2 aromatic heterocycles. The number of thiophene rings is 1. The molecule has 0 fully saturated rings. The van der Waals surface area contributed by atoms with Crippen molar-refractivity contribution in [2.75, 3.05) is 17.7 Å². The lowest BCUT2D eigenvalue weighted by atomic mass is 10.1. The molecular weight excluding hydrogens is 514 g/mol. The van der Waals surface area contributed by atoms with Crippen LogP contribution >= 0.6 is 34.7 Å². The number of aryl methyl sites for hydroxylation is 1. The zero-order valence-corrected chi connectivity index (χ0v) is 21.9. The third-order valence-electron chi connectivity index (χ3n) is 4.86. The predicted molar refractivity (Wildman–Crippen MR) is 134 cm³/mol. The van der Waals surface area contributed by atoms with E-state index >= 15 is 0 Å². The van der Waals surface area contributed by atoms with E-state index in [-0.39, 0.29) is 34.4 Å². The molecule has 0 spiro atoms. The molecule has 0 aliphatic rings. The lowest BCUT2D eigenvalue weighted by Gasteiger charge is -2.08. The zero-order valence-electron chi connectivity index (χ0n) is 19.5. The molecule has 3 aromatic rings. The first kappa shape index (κ1) is 26.5. The van der Waals surface area contributed by atoms with Crippen LogP contribution in [0.25, 0.3) is 0 Å². The van der Waals surface area contributed by atoms with Gasteiger partial charge in [-0.05, 0) is 50.1 Å². The van der Waals surface area contributed by atoms with E-state index in [9.17, 15) is 14.4 Å². The number of hydrogen-bond donors (Lipinski definition) is 2. The molecular formula is C22H24ClN5O5S2. The Morgan fingerprint density at radius 3 is 2.66 bits per heavy atom. The first-order valence-corrected chi connectivity index (χ1v) is 12.6. The molecule has 2 heterocycles. The lowest BCUT2D eigenvalue weighted by molar-refractivity contribution is -0.113. The van der Waals surface area contributed by atoms with Gasteiger partial charge in [0, 0.05) is 12.1 Å². The lowest BCUT2D eigenvalue weighted by Crippen LogP contribution is -2.17. The number of carbonyl (C=O) groups excluding carboxylic acids is 3. The number of anilines is 1. The monoisotopic (exact) mass is 537 g/mol. The summed E-state index contributed by atoms with van der Waals surface area (Å²) in [5.74, 6) is -0.488. The maximum Gasteiger partial charge on any atom is 0.341 e. The van der Waals surface area contributed by atoms with Crippen molar-refractivity contribution < 1.29 is 23.9 Å². The fourth-order valence-electron chi connectivity index (χ4n) is 3.03. The Balaban J connectivity index is 1.64. The minimum atomic E-state index is -0.685. The van der Waals surface area contributed by atoms with E-state index in [4.69, 9.17) is 26.8 Å². The number of esters is 1. The number of thioether (sulfide) groups is 1. The van der Waals surface area contributed by atoms with E-state index in [1.807, 2.05) is 13.0 Å². The number of ether oxygens (including phenoxy) is 2. The fraction of sp³-hybridized carbons (Fsp3) is 0.318. The van der Waals surface area contributed by atoms with Crippen molar-refractivity contribution in [2.24, 2.45) is 12.8 Å². The smallest absolute Gasteiger partial charge is 0.341 e. The van der Waals surface area contributed by atoms with Gasteiger partial charge in [0.2, 0.25) is 5.91 Å². The molecule has 2 amide bonds. The number of hydrogen-bond acceptors (Lipinski definition) is 9. The van der Waals surface area contributed by atoms with Gasteiger partial charge in [-0.25, -0.2) is 4.79 Å². The van der Waals surface area contributed by atoms with Crippen molar-refractivity contribution in [3.63, 3.8) is 0 Å². The highest BCUT2D eigenvalue weighted by Crippen LogP contribution is 2.34. The maximum absolute atomic E-state index is 12.6. The Kier molecular flexibility index (Phi) is 8.76. The van der Waals surface area contributed by atoms with Crippen molar-refractivity contribution in [3.05, 3.63) is 50.6 Å². The highest BCUT2D eigenvalue weighted by Gasteiger charge is 2.26. The Labute approximate surface area is 215 Å². The summed E-state index contributed by atoms with van der Waals surface area (Å²) in [6.07, 6.45) is 0. The summed E-state index contributed by atoms with van der Waals surface area (Å²) in [7, 11) is 1.77. The van der Waals surface area contributed by atoms with Gasteiger partial charge < -0.3 is 25.1 Å². The fourth-order valence-corrected chi connectivity index (χ4v) is 4.94. The van der Waals surface area contributed by atoms with Gasteiger partial charge in [0.1, 0.15) is 17.4 Å². The van der Waals surface area contributed by atoms with Gasteiger partial charge in [-0.3, -0.25) is 9.59 Å². The highest BCUT2D eigenvalue weighted by atomic mass is 35.5. The molecule has 1 aromatic carbocycles. The molecule has 10 nitrogen and oxygen atoms in total. The Hall–Kier alpha value is -3.09. The van der Waals surface area contributed by atoms with E-state index in [1.54, 1.807) is 37.6 Å². The Bertz CT molecular complexity index is 1270. The van der Waals surface area contributed by atoms with Crippen LogP contribution in [0.4, 0.5) is 5.00 Å². The van der Waals surface area contributed by atoms with Crippen LogP contribution in [0.15, 0.2) is 23.4 Å². The largest absolute Gasteiger partial charge is 0.486 e. The number of carbonyl (C=O) groups is 3. The van der Waals surface area contributed by atoms with Crippen LogP contribution in [0.2, 0.25) is 5.02 Å². The molecule has 0 aliphatic carbocycles. The zero-order chi connectivity index (χ0) is 25.7. The highest BCUT2D eigenvalue weighted by molar-refractivity contribution is 7.99. The van der Waals surface area contributed by atoms with Crippen molar-refractivity contribution in [1.82, 2.24) is 14.8 Å². The second-order valence-corrected chi connectivity index (χ2v) is 9.71. The van der Waals surface area contributed by atoms with E-state index in [0.29, 0.717) is 27.3 Å². The van der Waals surface area contributed by atoms with Crippen LogP contribution in [0, 0.1) is 13.8 Å². The van der Waals surface area contributed by atoms with Crippen LogP contribution in [0.3, 0.4) is 0 Å². The molecule has 35 heavy (non-hydrogen) atoms. The van der Waals surface area contributed by atoms with Gasteiger partial charge in [0.25, 0.3) is 5.91 Å². The van der Waals surface area contributed by atoms with Crippen molar-refractivity contribution in [3.8, 4) is 5.75 Å². The second kappa shape index (κ2) is 11.6. The van der Waals surface area contributed by atoms with Gasteiger partial charge in [-0.1, -0.05) is 23.4 Å². The minimum Gasteiger partial charge on any atom is -0.486 e. The number of aromatic nitrogens is 3. The van der Waals surface area contributed by atoms with Crippen LogP contribution < -0.4 is 15.8 Å². The molecule has 0 aliphatic heterocycles. The Morgan fingerprint density at radius 2 is 2.00 bits per heavy atom. The number of nitrogens with one attached hydrogen (secondary N) is 1. The molecule has 0 saturated carbocycles. The van der Waals surface area contributed by atoms with Gasteiger partial charge in [-0.2, -0.15) is 0 Å². The van der Waals surface area contributed by atoms with Gasteiger partial charge >= 0.3 is 5.97 Å².